The van der Waals surface area contributed by atoms with Gasteiger partial charge in [-0.2, -0.15) is 0 Å². The summed E-state index contributed by atoms with van der Waals surface area (Å²) in [5, 5.41) is 10.7. The number of esters is 1. The highest BCUT2D eigenvalue weighted by atomic mass is 16.5. The molecule has 2 amide bonds. The van der Waals surface area contributed by atoms with Gasteiger partial charge in [0, 0.05) is 89.7 Å². The van der Waals surface area contributed by atoms with Crippen LogP contribution in [0.4, 0.5) is 0 Å². The molecule has 0 aliphatic carbocycles. The van der Waals surface area contributed by atoms with Crippen LogP contribution in [0.25, 0.3) is 11.6 Å². The zero-order valence-electron chi connectivity index (χ0n) is 36.1. The smallest absolute Gasteiger partial charge is 0.310 e. The van der Waals surface area contributed by atoms with E-state index in [1.165, 1.54) is 14.0 Å². The third-order valence-corrected chi connectivity index (χ3v) is 11.2. The Kier molecular flexibility index (Phi) is 19.8. The molecule has 2 aliphatic heterocycles. The average Bonchev–Trinajstić information content (AvgIpc) is 3.69. The Balaban J connectivity index is 2.44. The third-order valence-electron chi connectivity index (χ3n) is 11.2. The number of methoxy groups -OCH3 is 1. The molecule has 2 unspecified atom stereocenters. The first kappa shape index (κ1) is 47.5. The summed E-state index contributed by atoms with van der Waals surface area (Å²) in [4.78, 5) is 66.8. The molecular weight excluding hydrogens is 733 g/mol. The maximum atomic E-state index is 14.2. The van der Waals surface area contributed by atoms with Gasteiger partial charge in [0.1, 0.15) is 0 Å². The van der Waals surface area contributed by atoms with E-state index in [9.17, 15) is 19.2 Å². The lowest BCUT2D eigenvalue weighted by Gasteiger charge is -2.20. The van der Waals surface area contributed by atoms with Crippen molar-refractivity contribution in [2.75, 3.05) is 33.3 Å². The van der Waals surface area contributed by atoms with Gasteiger partial charge < -0.3 is 37.1 Å². The summed E-state index contributed by atoms with van der Waals surface area (Å²) in [6.07, 6.45) is 16.1. The molecule has 0 fully saturated rings. The van der Waals surface area contributed by atoms with Crippen LogP contribution in [0.2, 0.25) is 0 Å². The number of aromatic amines is 1. The van der Waals surface area contributed by atoms with Gasteiger partial charge in [-0.05, 0) is 89.6 Å². The Labute approximate surface area is 344 Å². The van der Waals surface area contributed by atoms with Crippen molar-refractivity contribution in [2.24, 2.45) is 45.1 Å². The van der Waals surface area contributed by atoms with Gasteiger partial charge in [0.2, 0.25) is 5.91 Å². The molecule has 58 heavy (non-hydrogen) atoms. The monoisotopic (exact) mass is 801 g/mol. The van der Waals surface area contributed by atoms with E-state index in [-0.39, 0.29) is 48.2 Å². The van der Waals surface area contributed by atoms with E-state index < -0.39 is 5.97 Å². The summed E-state index contributed by atoms with van der Waals surface area (Å²) < 4.78 is 5.23. The van der Waals surface area contributed by atoms with Crippen LogP contribution in [0, 0.1) is 30.6 Å². The second-order valence-electron chi connectivity index (χ2n) is 15.3. The lowest BCUT2D eigenvalue weighted by molar-refractivity contribution is -0.139. The average molecular weight is 801 g/mol. The van der Waals surface area contributed by atoms with Crippen LogP contribution in [0.15, 0.2) is 57.1 Å². The topological polar surface area (TPSA) is 206 Å². The molecule has 0 aromatic carbocycles. The number of aliphatic imine (C=N–C) groups is 2. The van der Waals surface area contributed by atoms with Crippen LogP contribution in [0.3, 0.4) is 0 Å². The Morgan fingerprint density at radius 2 is 1.76 bits per heavy atom. The fourth-order valence-corrected chi connectivity index (χ4v) is 7.19. The van der Waals surface area contributed by atoms with E-state index in [1.807, 2.05) is 32.1 Å². The highest BCUT2D eigenvalue weighted by Gasteiger charge is 2.36. The molecule has 0 spiro atoms. The van der Waals surface area contributed by atoms with Crippen molar-refractivity contribution in [3.63, 3.8) is 0 Å². The standard InChI is InChI=1S/C45H68N8O5/c1-9-28(3)30(5)37-17-15-34(25-29(4)54)51-33(10-2)26-39-31(6)35(16-18-40(55)49-22-13-11-20-46)43(53-39)36(27-41(56)58-8)44-42(45(57)50-23-14-12-21-47)32(7)38(52-44)19-24-48-37/h10,17,19,24-26,28,30-31,35,51-52H,9,11-16,18,20-23,27,46-47H2,1-8H3,(H,49,55)(H,50,57)/b33-10+,34-25+,37-17-,38-19-,39-26-,44-36-,48-24-/t28?,30-,31+,35?/m1/s1. The number of ether oxygens (including phenoxy) is 1. The third kappa shape index (κ3) is 13.6. The lowest BCUT2D eigenvalue weighted by Crippen LogP contribution is -2.33. The minimum absolute atomic E-state index is 0.0840. The zero-order chi connectivity index (χ0) is 42.8. The predicted molar refractivity (Wildman–Crippen MR) is 234 cm³/mol. The molecule has 0 radical (unpaired) electrons. The number of rotatable bonds is 18. The Morgan fingerprint density at radius 3 is 2.38 bits per heavy atom. The first-order valence-electron chi connectivity index (χ1n) is 20.9. The van der Waals surface area contributed by atoms with Crippen LogP contribution < -0.4 is 38.1 Å². The van der Waals surface area contributed by atoms with E-state index >= 15 is 0 Å². The highest BCUT2D eigenvalue weighted by Crippen LogP contribution is 2.38. The number of H-pyrrole nitrogens is 1. The summed E-state index contributed by atoms with van der Waals surface area (Å²) in [5.74, 6) is -0.984. The molecule has 3 rings (SSSR count). The van der Waals surface area contributed by atoms with Crippen LogP contribution in [0.5, 0.6) is 0 Å². The molecule has 1 aromatic heterocycles. The lowest BCUT2D eigenvalue weighted by atomic mass is 9.82. The molecule has 2 aliphatic rings. The number of fused-ring (bicyclic) bond motifs is 3. The number of nitrogens with two attached hydrogens (primary N) is 2. The van der Waals surface area contributed by atoms with Crippen molar-refractivity contribution >= 4 is 47.1 Å². The van der Waals surface area contributed by atoms with Crippen molar-refractivity contribution < 1.29 is 23.9 Å². The Hall–Kier alpha value is -4.88. The number of hydrogen-bond acceptors (Lipinski definition) is 10. The summed E-state index contributed by atoms with van der Waals surface area (Å²) in [6.45, 7) is 15.9. The zero-order valence-corrected chi connectivity index (χ0v) is 36.1. The minimum atomic E-state index is -0.498. The summed E-state index contributed by atoms with van der Waals surface area (Å²) in [7, 11) is 1.33. The van der Waals surface area contributed by atoms with Gasteiger partial charge in [-0.1, -0.05) is 46.3 Å². The molecule has 318 valence electrons. The number of amides is 2. The number of aromatic nitrogens is 1. The maximum absolute atomic E-state index is 14.2. The maximum Gasteiger partial charge on any atom is 0.310 e. The summed E-state index contributed by atoms with van der Waals surface area (Å²) in [6, 6.07) is 0. The second kappa shape index (κ2) is 24.1. The Bertz CT molecular complexity index is 1930. The molecular formula is C45H68N8O5. The molecule has 13 nitrogen and oxygen atoms in total. The van der Waals surface area contributed by atoms with Crippen LogP contribution >= 0.6 is 0 Å². The fourth-order valence-electron chi connectivity index (χ4n) is 7.19. The molecule has 13 heteroatoms. The number of nitrogens with zero attached hydrogens (tertiary/aromatic N) is 2. The number of nitrogens with one attached hydrogen (secondary N) is 4. The number of allylic oxidation sites excluding steroid dienone is 6. The molecule has 3 heterocycles. The van der Waals surface area contributed by atoms with E-state index in [0.717, 1.165) is 42.8 Å². The number of unbranched alkanes of at least 4 members (excludes halogenated alkanes) is 2. The number of carbonyl (C=O) groups is 4. The van der Waals surface area contributed by atoms with Gasteiger partial charge in [-0.15, -0.1) is 0 Å². The van der Waals surface area contributed by atoms with E-state index in [2.05, 4.69) is 54.7 Å². The van der Waals surface area contributed by atoms with Crippen molar-refractivity contribution in [2.45, 2.75) is 106 Å². The van der Waals surface area contributed by atoms with Crippen LogP contribution in [0.1, 0.15) is 115 Å². The first-order chi connectivity index (χ1) is 27.8. The fraction of sp³-hybridized carbons (Fsp3) is 0.556. The summed E-state index contributed by atoms with van der Waals surface area (Å²) >= 11 is 0. The predicted octanol–water partition coefficient (Wildman–Crippen LogP) is 4.52. The van der Waals surface area contributed by atoms with Gasteiger partial charge in [-0.25, -0.2) is 0 Å². The van der Waals surface area contributed by atoms with Crippen LogP contribution in [-0.4, -0.2) is 73.8 Å². The molecule has 0 saturated carbocycles. The van der Waals surface area contributed by atoms with Crippen molar-refractivity contribution in [3.05, 3.63) is 68.9 Å². The van der Waals surface area contributed by atoms with Gasteiger partial charge in [0.05, 0.1) is 30.2 Å². The Morgan fingerprint density at radius 1 is 1.07 bits per heavy atom. The quantitative estimate of drug-likeness (QED) is 0.0706. The molecule has 4 bridgehead atoms. The molecule has 0 saturated heterocycles. The van der Waals surface area contributed by atoms with Gasteiger partial charge in [-0.3, -0.25) is 29.2 Å². The van der Waals surface area contributed by atoms with Crippen LogP contribution in [-0.2, 0) is 19.1 Å². The van der Waals surface area contributed by atoms with Crippen molar-refractivity contribution in [1.29, 1.82) is 0 Å². The van der Waals surface area contributed by atoms with Crippen molar-refractivity contribution in [1.82, 2.24) is 20.9 Å². The van der Waals surface area contributed by atoms with Gasteiger partial charge in [0.25, 0.3) is 5.91 Å². The van der Waals surface area contributed by atoms with Gasteiger partial charge in [0.15, 0.2) is 5.78 Å². The largest absolute Gasteiger partial charge is 0.469 e. The summed E-state index contributed by atoms with van der Waals surface area (Å²) in [5.41, 5.74) is 16.6. The molecule has 8 N–H and O–H groups in total. The molecule has 4 atom stereocenters. The van der Waals surface area contributed by atoms with E-state index in [0.29, 0.717) is 90.2 Å². The highest BCUT2D eigenvalue weighted by molar-refractivity contribution is 6.24. The minimum Gasteiger partial charge on any atom is -0.469 e. The number of ketones is 1. The molecule has 1 aromatic rings. The van der Waals surface area contributed by atoms with Gasteiger partial charge >= 0.3 is 5.97 Å². The number of carbonyl (C=O) groups excluding carboxylic acids is 4. The SMILES string of the molecule is C/C=C1\C=C2N=C(/C(CC(=O)OC)=c3\[nH]\c(c(C)c3C(=O)NCCCCN)=C/C=N\C([C@H](C)C(C)CC)=C/C/C(=C\C(C)=O)N1)C(CCC(=O)NCCCCN)[C@@H]/2C. The van der Waals surface area contributed by atoms with Crippen molar-refractivity contribution in [3.8, 4) is 0 Å². The number of hydrogen-bond donors (Lipinski definition) is 6. The normalized spacial score (nSPS) is 23.5. The first-order valence-corrected chi connectivity index (χ1v) is 20.9. The second-order valence-corrected chi connectivity index (χ2v) is 15.3. The van der Waals surface area contributed by atoms with E-state index in [4.69, 9.17) is 26.2 Å². The van der Waals surface area contributed by atoms with E-state index in [1.54, 1.807) is 12.3 Å².